The molecule has 0 aliphatic carbocycles. The van der Waals surface area contributed by atoms with E-state index in [0.717, 1.165) is 16.5 Å². The Bertz CT molecular complexity index is 380. The van der Waals surface area contributed by atoms with E-state index in [2.05, 4.69) is 15.9 Å². The molecule has 0 aliphatic rings. The van der Waals surface area contributed by atoms with Crippen LogP contribution in [0.25, 0.3) is 0 Å². The Labute approximate surface area is 110 Å². The number of benzene rings is 1. The van der Waals surface area contributed by atoms with Crippen molar-refractivity contribution in [1.82, 2.24) is 0 Å². The van der Waals surface area contributed by atoms with Crippen molar-refractivity contribution in [2.24, 2.45) is 5.73 Å². The predicted molar refractivity (Wildman–Crippen MR) is 71.5 cm³/mol. The van der Waals surface area contributed by atoms with Crippen LogP contribution in [0.15, 0.2) is 22.7 Å². The van der Waals surface area contributed by atoms with Gasteiger partial charge in [0, 0.05) is 17.6 Å². The van der Waals surface area contributed by atoms with E-state index >= 15 is 0 Å². The van der Waals surface area contributed by atoms with Crippen molar-refractivity contribution in [3.05, 3.63) is 34.1 Å². The van der Waals surface area contributed by atoms with Crippen LogP contribution in [0.2, 0.25) is 0 Å². The summed E-state index contributed by atoms with van der Waals surface area (Å²) in [6.45, 7) is 4.04. The molecular weight excluding hydrogens is 285 g/mol. The summed E-state index contributed by atoms with van der Waals surface area (Å²) in [5.41, 5.74) is 6.82. The lowest BCUT2D eigenvalue weighted by Gasteiger charge is -2.33. The number of methoxy groups -OCH3 is 1. The minimum atomic E-state index is -0.353. The van der Waals surface area contributed by atoms with Crippen LogP contribution in [-0.2, 0) is 11.2 Å². The fraction of sp³-hybridized carbons (Fsp3) is 0.538. The molecule has 0 spiro atoms. The highest BCUT2D eigenvalue weighted by Crippen LogP contribution is 2.24. The smallest absolute Gasteiger partial charge is 0.124 e. The first-order valence-corrected chi connectivity index (χ1v) is 6.47. The Morgan fingerprint density at radius 2 is 2.18 bits per heavy atom. The molecule has 0 bridgehead atoms. The quantitative estimate of drug-likeness (QED) is 0.906. The van der Waals surface area contributed by atoms with Crippen molar-refractivity contribution in [2.75, 3.05) is 7.11 Å². The minimum Gasteiger partial charge on any atom is -0.377 e. The fourth-order valence-electron chi connectivity index (χ4n) is 1.70. The van der Waals surface area contributed by atoms with Gasteiger partial charge in [0.05, 0.1) is 5.60 Å². The predicted octanol–water partition coefficient (Wildman–Crippen LogP) is 3.27. The van der Waals surface area contributed by atoms with Gasteiger partial charge in [-0.3, -0.25) is 0 Å². The van der Waals surface area contributed by atoms with Crippen LogP contribution < -0.4 is 5.73 Å². The molecule has 96 valence electrons. The Hall–Kier alpha value is -0.450. The highest BCUT2D eigenvalue weighted by Gasteiger charge is 2.29. The summed E-state index contributed by atoms with van der Waals surface area (Å²) in [7, 11) is 1.67. The zero-order chi connectivity index (χ0) is 13.1. The van der Waals surface area contributed by atoms with Crippen LogP contribution in [0, 0.1) is 5.82 Å². The summed E-state index contributed by atoms with van der Waals surface area (Å²) in [6, 6.07) is 4.53. The van der Waals surface area contributed by atoms with Gasteiger partial charge in [0.25, 0.3) is 0 Å². The van der Waals surface area contributed by atoms with Gasteiger partial charge in [0.2, 0.25) is 0 Å². The van der Waals surface area contributed by atoms with Gasteiger partial charge in [0.1, 0.15) is 5.82 Å². The first-order valence-electron chi connectivity index (χ1n) is 5.67. The molecule has 1 aromatic rings. The lowest BCUT2D eigenvalue weighted by molar-refractivity contribution is -0.0185. The zero-order valence-corrected chi connectivity index (χ0v) is 12.1. The Balaban J connectivity index is 2.84. The Kier molecular flexibility index (Phi) is 5.10. The van der Waals surface area contributed by atoms with Gasteiger partial charge in [-0.15, -0.1) is 0 Å². The molecule has 0 aliphatic heterocycles. The normalized spacial score (nSPS) is 16.6. The number of ether oxygens (including phenoxy) is 1. The molecular formula is C13H19BrFNO. The van der Waals surface area contributed by atoms with Gasteiger partial charge < -0.3 is 10.5 Å². The fourth-order valence-corrected chi connectivity index (χ4v) is 2.21. The largest absolute Gasteiger partial charge is 0.377 e. The number of nitrogens with two attached hydrogens (primary N) is 1. The maximum absolute atomic E-state index is 13.0. The second-order valence-electron chi connectivity index (χ2n) is 4.42. The molecule has 0 fully saturated rings. The summed E-state index contributed by atoms with van der Waals surface area (Å²) >= 11 is 3.35. The minimum absolute atomic E-state index is 0.126. The highest BCUT2D eigenvalue weighted by molar-refractivity contribution is 9.10. The van der Waals surface area contributed by atoms with Crippen molar-refractivity contribution < 1.29 is 9.13 Å². The molecule has 2 atom stereocenters. The SMILES string of the molecule is CCC(C)(OC)C(N)Cc1ccc(F)cc1Br. The molecule has 1 aromatic carbocycles. The van der Waals surface area contributed by atoms with Crippen LogP contribution in [-0.4, -0.2) is 18.8 Å². The molecule has 2 unspecified atom stereocenters. The summed E-state index contributed by atoms with van der Waals surface area (Å²) in [4.78, 5) is 0. The molecule has 0 heterocycles. The number of halogens is 2. The lowest BCUT2D eigenvalue weighted by Crippen LogP contribution is -2.48. The standard InChI is InChI=1S/C13H19BrFNO/c1-4-13(2,17-3)12(16)7-9-5-6-10(15)8-11(9)14/h5-6,8,12H,4,7,16H2,1-3H3. The van der Waals surface area contributed by atoms with Gasteiger partial charge in [-0.1, -0.05) is 28.9 Å². The third-order valence-electron chi connectivity index (χ3n) is 3.41. The summed E-state index contributed by atoms with van der Waals surface area (Å²) in [6.07, 6.45) is 1.49. The van der Waals surface area contributed by atoms with E-state index in [0.29, 0.717) is 6.42 Å². The van der Waals surface area contributed by atoms with Crippen molar-refractivity contribution in [3.8, 4) is 0 Å². The molecule has 0 aromatic heterocycles. The molecule has 0 radical (unpaired) electrons. The topological polar surface area (TPSA) is 35.2 Å². The average Bonchev–Trinajstić information content (AvgIpc) is 2.31. The molecule has 4 heteroatoms. The highest BCUT2D eigenvalue weighted by atomic mass is 79.9. The lowest BCUT2D eigenvalue weighted by atomic mass is 9.89. The summed E-state index contributed by atoms with van der Waals surface area (Å²) in [5, 5.41) is 0. The molecule has 0 saturated heterocycles. The second kappa shape index (κ2) is 5.94. The van der Waals surface area contributed by atoms with E-state index in [1.165, 1.54) is 12.1 Å². The monoisotopic (exact) mass is 303 g/mol. The first kappa shape index (κ1) is 14.6. The number of rotatable bonds is 5. The maximum Gasteiger partial charge on any atom is 0.124 e. The van der Waals surface area contributed by atoms with Crippen molar-refractivity contribution in [1.29, 1.82) is 0 Å². The van der Waals surface area contributed by atoms with E-state index in [4.69, 9.17) is 10.5 Å². The third-order valence-corrected chi connectivity index (χ3v) is 4.15. The molecule has 0 amide bonds. The first-order chi connectivity index (χ1) is 7.92. The van der Waals surface area contributed by atoms with Gasteiger partial charge in [-0.2, -0.15) is 0 Å². The molecule has 2 N–H and O–H groups in total. The molecule has 2 nitrogen and oxygen atoms in total. The average molecular weight is 304 g/mol. The number of hydrogen-bond acceptors (Lipinski definition) is 2. The van der Waals surface area contributed by atoms with Gasteiger partial charge in [0.15, 0.2) is 0 Å². The molecule has 0 saturated carbocycles. The molecule has 17 heavy (non-hydrogen) atoms. The number of hydrogen-bond donors (Lipinski definition) is 1. The van der Waals surface area contributed by atoms with E-state index in [1.54, 1.807) is 13.2 Å². The van der Waals surface area contributed by atoms with Gasteiger partial charge in [-0.25, -0.2) is 4.39 Å². The van der Waals surface area contributed by atoms with Gasteiger partial charge in [-0.05, 0) is 37.5 Å². The van der Waals surface area contributed by atoms with Crippen LogP contribution in [0.3, 0.4) is 0 Å². The Morgan fingerprint density at radius 1 is 1.53 bits per heavy atom. The van der Waals surface area contributed by atoms with Gasteiger partial charge >= 0.3 is 0 Å². The van der Waals surface area contributed by atoms with E-state index < -0.39 is 0 Å². The van der Waals surface area contributed by atoms with E-state index in [-0.39, 0.29) is 17.5 Å². The maximum atomic E-state index is 13.0. The summed E-state index contributed by atoms with van der Waals surface area (Å²) in [5.74, 6) is -0.251. The van der Waals surface area contributed by atoms with E-state index in [1.807, 2.05) is 13.8 Å². The summed E-state index contributed by atoms with van der Waals surface area (Å²) < 4.78 is 19.2. The van der Waals surface area contributed by atoms with E-state index in [9.17, 15) is 4.39 Å². The van der Waals surface area contributed by atoms with Crippen molar-refractivity contribution >= 4 is 15.9 Å². The second-order valence-corrected chi connectivity index (χ2v) is 5.27. The van der Waals surface area contributed by atoms with Crippen LogP contribution in [0.4, 0.5) is 4.39 Å². The van der Waals surface area contributed by atoms with Crippen LogP contribution >= 0.6 is 15.9 Å². The van der Waals surface area contributed by atoms with Crippen molar-refractivity contribution in [3.63, 3.8) is 0 Å². The Morgan fingerprint density at radius 3 is 2.65 bits per heavy atom. The van der Waals surface area contributed by atoms with Crippen LogP contribution in [0.1, 0.15) is 25.8 Å². The third kappa shape index (κ3) is 3.50. The van der Waals surface area contributed by atoms with Crippen LogP contribution in [0.5, 0.6) is 0 Å². The zero-order valence-electron chi connectivity index (χ0n) is 10.5. The van der Waals surface area contributed by atoms with Crippen molar-refractivity contribution in [2.45, 2.75) is 38.3 Å². The molecule has 1 rings (SSSR count).